The predicted molar refractivity (Wildman–Crippen MR) is 98.1 cm³/mol. The Morgan fingerprint density at radius 1 is 1.26 bits per heavy atom. The normalized spacial score (nSPS) is 12.2. The largest absolute Gasteiger partial charge is 0.416 e. The van der Waals surface area contributed by atoms with Gasteiger partial charge in [0.1, 0.15) is 16.6 Å². The molecule has 2 aromatic rings. The van der Waals surface area contributed by atoms with Crippen molar-refractivity contribution in [2.45, 2.75) is 39.9 Å². The molecule has 0 saturated heterocycles. The lowest BCUT2D eigenvalue weighted by Gasteiger charge is -2.18. The molecule has 27 heavy (non-hydrogen) atoms. The van der Waals surface area contributed by atoms with Crippen LogP contribution < -0.4 is 0 Å². The van der Waals surface area contributed by atoms with Crippen molar-refractivity contribution in [3.05, 3.63) is 39.5 Å². The lowest BCUT2D eigenvalue weighted by atomic mass is 10.1. The molecule has 0 saturated carbocycles. The van der Waals surface area contributed by atoms with Crippen LogP contribution in [0.25, 0.3) is 11.3 Å². The van der Waals surface area contributed by atoms with Crippen LogP contribution in [0.5, 0.6) is 0 Å². The summed E-state index contributed by atoms with van der Waals surface area (Å²) in [5.74, 6) is -0.649. The Morgan fingerprint density at radius 3 is 2.48 bits per heavy atom. The summed E-state index contributed by atoms with van der Waals surface area (Å²) in [5, 5.41) is 0.517. The highest BCUT2D eigenvalue weighted by atomic mass is 32.1. The topological polar surface area (TPSA) is 33.2 Å². The average molecular weight is 402 g/mol. The first-order valence-corrected chi connectivity index (χ1v) is 9.32. The van der Waals surface area contributed by atoms with Gasteiger partial charge in [-0.1, -0.05) is 13.8 Å². The Balaban J connectivity index is 2.49. The number of carbonyl (C=O) groups excluding carboxylic acids is 1. The van der Waals surface area contributed by atoms with Gasteiger partial charge in [0.15, 0.2) is 0 Å². The van der Waals surface area contributed by atoms with E-state index in [1.807, 2.05) is 11.9 Å². The zero-order valence-corrected chi connectivity index (χ0v) is 16.5. The van der Waals surface area contributed by atoms with Gasteiger partial charge in [-0.05, 0) is 38.1 Å². The maximum absolute atomic E-state index is 13.8. The predicted octanol–water partition coefficient (Wildman–Crippen LogP) is 5.19. The van der Waals surface area contributed by atoms with Crippen LogP contribution in [0.15, 0.2) is 18.2 Å². The fourth-order valence-corrected chi connectivity index (χ4v) is 4.09. The minimum atomic E-state index is -4.65. The Bertz CT molecular complexity index is 815. The number of aromatic nitrogens is 1. The van der Waals surface area contributed by atoms with E-state index >= 15 is 0 Å². The molecule has 0 aliphatic rings. The van der Waals surface area contributed by atoms with Gasteiger partial charge in [0, 0.05) is 23.5 Å². The van der Waals surface area contributed by atoms with Gasteiger partial charge in [-0.3, -0.25) is 4.79 Å². The molecule has 1 heterocycles. The van der Waals surface area contributed by atoms with Crippen molar-refractivity contribution in [1.29, 1.82) is 0 Å². The maximum atomic E-state index is 13.8. The Hall–Kier alpha value is -1.80. The fourth-order valence-electron chi connectivity index (χ4n) is 2.84. The fraction of sp³-hybridized carbons (Fsp3) is 0.474. The number of halogens is 4. The number of rotatable bonds is 7. The van der Waals surface area contributed by atoms with Crippen molar-refractivity contribution in [3.63, 3.8) is 0 Å². The van der Waals surface area contributed by atoms with Crippen LogP contribution in [0.4, 0.5) is 17.6 Å². The monoisotopic (exact) mass is 402 g/mol. The maximum Gasteiger partial charge on any atom is 0.416 e. The minimum absolute atomic E-state index is 0.0707. The van der Waals surface area contributed by atoms with Gasteiger partial charge in [0.2, 0.25) is 0 Å². The summed E-state index contributed by atoms with van der Waals surface area (Å²) in [6, 6.07) is 2.42. The highest BCUT2D eigenvalue weighted by molar-refractivity contribution is 7.12. The second-order valence-corrected chi connectivity index (χ2v) is 8.24. The molecule has 0 unspecified atom stereocenters. The Labute approximate surface area is 160 Å². The number of benzene rings is 1. The number of alkyl halides is 3. The Morgan fingerprint density at radius 2 is 1.93 bits per heavy atom. The van der Waals surface area contributed by atoms with Gasteiger partial charge < -0.3 is 4.90 Å². The summed E-state index contributed by atoms with van der Waals surface area (Å²) in [7, 11) is 1.90. The molecule has 0 aliphatic carbocycles. The number of ketones is 1. The molecule has 0 amide bonds. The number of hydrogen-bond acceptors (Lipinski definition) is 4. The number of Topliss-reactive ketones (excluding diaryl/α,β-unsaturated/α-hetero) is 1. The number of carbonyl (C=O) groups is 1. The quantitative estimate of drug-likeness (QED) is 0.598. The Kier molecular flexibility index (Phi) is 6.75. The minimum Gasteiger partial charge on any atom is -0.301 e. The van der Waals surface area contributed by atoms with Crippen LogP contribution in [0, 0.1) is 11.7 Å². The van der Waals surface area contributed by atoms with E-state index in [1.165, 1.54) is 18.3 Å². The second kappa shape index (κ2) is 8.48. The van der Waals surface area contributed by atoms with Crippen molar-refractivity contribution in [2.75, 3.05) is 13.6 Å². The van der Waals surface area contributed by atoms with E-state index in [1.54, 1.807) is 0 Å². The van der Waals surface area contributed by atoms with Crippen LogP contribution in [-0.4, -0.2) is 29.3 Å². The zero-order chi connectivity index (χ0) is 20.4. The molecule has 0 radical (unpaired) electrons. The molecule has 2 rings (SSSR count). The zero-order valence-electron chi connectivity index (χ0n) is 15.7. The standard InChI is InChI=1S/C19H22F4N2OS/c1-11(2)9-25(4)10-16-18(24-17(27-16)5-12(3)26)13-6-14(19(21,22)23)8-15(20)7-13/h6-8,11H,5,9-10H2,1-4H3. The summed E-state index contributed by atoms with van der Waals surface area (Å²) in [5.41, 5.74) is -0.682. The molecule has 8 heteroatoms. The first kappa shape index (κ1) is 21.5. The molecule has 0 atom stereocenters. The van der Waals surface area contributed by atoms with E-state index in [4.69, 9.17) is 0 Å². The van der Waals surface area contributed by atoms with Crippen molar-refractivity contribution < 1.29 is 22.4 Å². The first-order chi connectivity index (χ1) is 12.5. The molecule has 0 bridgehead atoms. The lowest BCUT2D eigenvalue weighted by Crippen LogP contribution is -2.22. The molecule has 0 fully saturated rings. The van der Waals surface area contributed by atoms with E-state index < -0.39 is 17.6 Å². The van der Waals surface area contributed by atoms with E-state index in [2.05, 4.69) is 18.8 Å². The van der Waals surface area contributed by atoms with Gasteiger partial charge >= 0.3 is 6.18 Å². The third-order valence-corrected chi connectivity index (χ3v) is 4.77. The van der Waals surface area contributed by atoms with Gasteiger partial charge in [0.05, 0.1) is 17.7 Å². The molecule has 0 N–H and O–H groups in total. The molecule has 148 valence electrons. The van der Waals surface area contributed by atoms with Crippen molar-refractivity contribution in [3.8, 4) is 11.3 Å². The van der Waals surface area contributed by atoms with Crippen LogP contribution in [0.1, 0.15) is 36.2 Å². The summed E-state index contributed by atoms with van der Waals surface area (Å²) >= 11 is 1.28. The molecule has 1 aromatic heterocycles. The molecule has 0 aliphatic heterocycles. The summed E-state index contributed by atoms with van der Waals surface area (Å²) in [4.78, 5) is 18.5. The first-order valence-electron chi connectivity index (χ1n) is 8.50. The molecule has 3 nitrogen and oxygen atoms in total. The molecule has 1 aromatic carbocycles. The highest BCUT2D eigenvalue weighted by Gasteiger charge is 2.32. The third kappa shape index (κ3) is 6.10. The summed E-state index contributed by atoms with van der Waals surface area (Å²) < 4.78 is 53.0. The number of thiazole rings is 1. The van der Waals surface area contributed by atoms with E-state index in [0.29, 0.717) is 34.1 Å². The van der Waals surface area contributed by atoms with Gasteiger partial charge in [-0.25, -0.2) is 9.37 Å². The number of hydrogen-bond donors (Lipinski definition) is 0. The molecular weight excluding hydrogens is 380 g/mol. The molecular formula is C19H22F4N2OS. The third-order valence-electron chi connectivity index (χ3n) is 3.73. The summed E-state index contributed by atoms with van der Waals surface area (Å²) in [6.45, 7) is 6.80. The van der Waals surface area contributed by atoms with E-state index in [9.17, 15) is 22.4 Å². The van der Waals surface area contributed by atoms with Crippen LogP contribution in [-0.2, 0) is 23.9 Å². The van der Waals surface area contributed by atoms with E-state index in [0.717, 1.165) is 18.7 Å². The second-order valence-electron chi connectivity index (χ2n) is 7.08. The SMILES string of the molecule is CC(=O)Cc1nc(-c2cc(F)cc(C(F)(F)F)c2)c(CN(C)CC(C)C)s1. The number of nitrogens with zero attached hydrogens (tertiary/aromatic N) is 2. The lowest BCUT2D eigenvalue weighted by molar-refractivity contribution is -0.137. The van der Waals surface area contributed by atoms with E-state index in [-0.39, 0.29) is 17.8 Å². The smallest absolute Gasteiger partial charge is 0.301 e. The summed E-state index contributed by atoms with van der Waals surface area (Å²) in [6.07, 6.45) is -4.54. The van der Waals surface area contributed by atoms with Gasteiger partial charge in [-0.15, -0.1) is 11.3 Å². The van der Waals surface area contributed by atoms with Crippen molar-refractivity contribution in [1.82, 2.24) is 9.88 Å². The van der Waals surface area contributed by atoms with Crippen molar-refractivity contribution >= 4 is 17.1 Å². The van der Waals surface area contributed by atoms with Gasteiger partial charge in [0.25, 0.3) is 0 Å². The van der Waals surface area contributed by atoms with Crippen molar-refractivity contribution in [2.24, 2.45) is 5.92 Å². The van der Waals surface area contributed by atoms with Gasteiger partial charge in [-0.2, -0.15) is 13.2 Å². The highest BCUT2D eigenvalue weighted by Crippen LogP contribution is 2.35. The average Bonchev–Trinajstić information content (AvgIpc) is 2.86. The van der Waals surface area contributed by atoms with Crippen LogP contribution in [0.2, 0.25) is 0 Å². The van der Waals surface area contributed by atoms with Crippen LogP contribution in [0.3, 0.4) is 0 Å². The molecule has 0 spiro atoms. The van der Waals surface area contributed by atoms with Crippen LogP contribution >= 0.6 is 11.3 Å².